The summed E-state index contributed by atoms with van der Waals surface area (Å²) in [6, 6.07) is 6.20. The van der Waals surface area contributed by atoms with Crippen molar-refractivity contribution in [3.8, 4) is 0 Å². The van der Waals surface area contributed by atoms with Crippen molar-refractivity contribution in [3.63, 3.8) is 0 Å². The minimum atomic E-state index is 0.219. The maximum absolute atomic E-state index is 5.45. The monoisotopic (exact) mass is 279 g/mol. The molecule has 1 aromatic rings. The lowest BCUT2D eigenvalue weighted by atomic mass is 10.2. The number of hydrogen-bond acceptors (Lipinski definition) is 3. The molecule has 0 saturated carbocycles. The molecule has 0 saturated heterocycles. The molecule has 0 aliphatic heterocycles. The van der Waals surface area contributed by atoms with Crippen LogP contribution in [0.1, 0.15) is 26.0 Å². The summed E-state index contributed by atoms with van der Waals surface area (Å²) in [5.74, 6) is 0.628. The van der Waals surface area contributed by atoms with Crippen molar-refractivity contribution in [2.45, 2.75) is 32.7 Å². The summed E-state index contributed by atoms with van der Waals surface area (Å²) in [7, 11) is 0. The average molecular weight is 279 g/mol. The number of aryl methyl sites for hydroxylation is 1. The number of aromatic nitrogens is 1. The fraction of sp³-hybridized carbons (Fsp3) is 0.462. The molecule has 0 unspecified atom stereocenters. The molecule has 0 radical (unpaired) electrons. The van der Waals surface area contributed by atoms with Crippen LogP contribution < -0.4 is 16.4 Å². The van der Waals surface area contributed by atoms with Crippen LogP contribution in [0, 0.1) is 0 Å². The molecule has 19 heavy (non-hydrogen) atoms. The van der Waals surface area contributed by atoms with Crippen LogP contribution in [0.25, 0.3) is 0 Å². The molecule has 5 nitrogen and oxygen atoms in total. The van der Waals surface area contributed by atoms with Crippen LogP contribution in [0.15, 0.2) is 29.4 Å². The van der Waals surface area contributed by atoms with Crippen LogP contribution in [0.5, 0.6) is 0 Å². The molecule has 1 aromatic heterocycles. The Morgan fingerprint density at radius 3 is 2.84 bits per heavy atom. The summed E-state index contributed by atoms with van der Waals surface area (Å²) in [6.07, 6.45) is 3.64. The minimum Gasteiger partial charge on any atom is -0.376 e. The Kier molecular flexibility index (Phi) is 6.81. The summed E-state index contributed by atoms with van der Waals surface area (Å²) in [6.45, 7) is 4.76. The highest BCUT2D eigenvalue weighted by molar-refractivity contribution is 7.80. The second kappa shape index (κ2) is 8.42. The van der Waals surface area contributed by atoms with Gasteiger partial charge in [0, 0.05) is 24.5 Å². The quantitative estimate of drug-likeness (QED) is 0.327. The number of hydrogen-bond donors (Lipinski definition) is 3. The van der Waals surface area contributed by atoms with Gasteiger partial charge in [-0.3, -0.25) is 9.98 Å². The molecule has 0 fully saturated rings. The first-order chi connectivity index (χ1) is 9.08. The molecule has 0 bridgehead atoms. The van der Waals surface area contributed by atoms with E-state index in [-0.39, 0.29) is 11.2 Å². The van der Waals surface area contributed by atoms with Gasteiger partial charge in [-0.2, -0.15) is 0 Å². The van der Waals surface area contributed by atoms with E-state index in [1.165, 1.54) is 0 Å². The Morgan fingerprint density at radius 2 is 2.26 bits per heavy atom. The number of aliphatic imine (C=N–C) groups is 1. The molecular formula is C13H21N5S. The highest BCUT2D eigenvalue weighted by Gasteiger charge is 2.01. The summed E-state index contributed by atoms with van der Waals surface area (Å²) in [5, 5.41) is 6.23. The van der Waals surface area contributed by atoms with Crippen molar-refractivity contribution in [1.29, 1.82) is 0 Å². The lowest BCUT2D eigenvalue weighted by Gasteiger charge is -2.13. The van der Waals surface area contributed by atoms with Crippen molar-refractivity contribution in [1.82, 2.24) is 15.6 Å². The number of pyridine rings is 1. The lowest BCUT2D eigenvalue weighted by molar-refractivity contribution is 0.712. The van der Waals surface area contributed by atoms with Crippen molar-refractivity contribution >= 4 is 23.3 Å². The number of nitrogens with two attached hydrogens (primary N) is 1. The zero-order valence-electron chi connectivity index (χ0n) is 11.4. The SMILES string of the molecule is CC(C)NC(=NCCCc1ccccn1)NC(N)=S. The lowest BCUT2D eigenvalue weighted by Crippen LogP contribution is -2.46. The third kappa shape index (κ3) is 7.35. The van der Waals surface area contributed by atoms with Gasteiger partial charge >= 0.3 is 0 Å². The first-order valence-electron chi connectivity index (χ1n) is 6.35. The van der Waals surface area contributed by atoms with Gasteiger partial charge in [-0.05, 0) is 51.0 Å². The van der Waals surface area contributed by atoms with Gasteiger partial charge in [0.1, 0.15) is 0 Å². The molecule has 0 atom stereocenters. The van der Waals surface area contributed by atoms with Crippen LogP contribution >= 0.6 is 12.2 Å². The van der Waals surface area contributed by atoms with Gasteiger partial charge in [0.05, 0.1) is 0 Å². The van der Waals surface area contributed by atoms with Crippen LogP contribution in [0.4, 0.5) is 0 Å². The molecule has 0 aliphatic rings. The number of nitrogens with zero attached hydrogens (tertiary/aromatic N) is 2. The molecule has 0 aromatic carbocycles. The molecule has 1 heterocycles. The number of thiocarbonyl (C=S) groups is 1. The van der Waals surface area contributed by atoms with Crippen LogP contribution in [-0.4, -0.2) is 28.6 Å². The number of rotatable bonds is 5. The summed E-state index contributed by atoms with van der Waals surface area (Å²) in [4.78, 5) is 8.69. The Labute approximate surface area is 119 Å². The van der Waals surface area contributed by atoms with Crippen molar-refractivity contribution in [2.24, 2.45) is 10.7 Å². The van der Waals surface area contributed by atoms with Crippen LogP contribution in [0.2, 0.25) is 0 Å². The fourth-order valence-electron chi connectivity index (χ4n) is 1.51. The Balaban J connectivity index is 2.40. The fourth-order valence-corrected chi connectivity index (χ4v) is 1.61. The molecule has 0 amide bonds. The normalized spacial score (nSPS) is 11.4. The van der Waals surface area contributed by atoms with Gasteiger partial charge in [0.15, 0.2) is 11.1 Å². The smallest absolute Gasteiger partial charge is 0.197 e. The van der Waals surface area contributed by atoms with E-state index in [0.29, 0.717) is 12.5 Å². The zero-order valence-corrected chi connectivity index (χ0v) is 12.2. The van der Waals surface area contributed by atoms with E-state index < -0.39 is 0 Å². The van der Waals surface area contributed by atoms with Crippen molar-refractivity contribution in [2.75, 3.05) is 6.54 Å². The van der Waals surface area contributed by atoms with E-state index in [9.17, 15) is 0 Å². The van der Waals surface area contributed by atoms with Gasteiger partial charge < -0.3 is 16.4 Å². The predicted octanol–water partition coefficient (Wildman–Crippen LogP) is 1.20. The topological polar surface area (TPSA) is 75.3 Å². The van der Waals surface area contributed by atoms with Gasteiger partial charge in [-0.25, -0.2) is 0 Å². The van der Waals surface area contributed by atoms with Crippen LogP contribution in [0.3, 0.4) is 0 Å². The van der Waals surface area contributed by atoms with Gasteiger partial charge in [0.25, 0.3) is 0 Å². The molecule has 6 heteroatoms. The highest BCUT2D eigenvalue weighted by Crippen LogP contribution is 1.98. The third-order valence-electron chi connectivity index (χ3n) is 2.25. The maximum atomic E-state index is 5.45. The molecular weight excluding hydrogens is 258 g/mol. The molecule has 0 aliphatic carbocycles. The average Bonchev–Trinajstić information content (AvgIpc) is 2.34. The van der Waals surface area contributed by atoms with Gasteiger partial charge in [-0.15, -0.1) is 0 Å². The molecule has 104 valence electrons. The largest absolute Gasteiger partial charge is 0.376 e. The van der Waals surface area contributed by atoms with E-state index in [1.807, 2.05) is 32.0 Å². The van der Waals surface area contributed by atoms with E-state index in [2.05, 4.69) is 20.6 Å². The van der Waals surface area contributed by atoms with Crippen molar-refractivity contribution in [3.05, 3.63) is 30.1 Å². The highest BCUT2D eigenvalue weighted by atomic mass is 32.1. The third-order valence-corrected chi connectivity index (χ3v) is 2.36. The standard InChI is InChI=1S/C13H21N5S/c1-10(2)17-13(18-12(14)19)16-9-5-7-11-6-3-4-8-15-11/h3-4,6,8,10H,5,7,9H2,1-2H3,(H4,14,16,17,18,19). The maximum Gasteiger partial charge on any atom is 0.197 e. The summed E-state index contributed by atoms with van der Waals surface area (Å²) >= 11 is 4.82. The Hall–Kier alpha value is -1.69. The summed E-state index contributed by atoms with van der Waals surface area (Å²) in [5.41, 5.74) is 6.54. The second-order valence-electron chi connectivity index (χ2n) is 4.44. The van der Waals surface area contributed by atoms with Gasteiger partial charge in [0.2, 0.25) is 0 Å². The van der Waals surface area contributed by atoms with E-state index in [1.54, 1.807) is 6.20 Å². The Bertz CT molecular complexity index is 416. The van der Waals surface area contributed by atoms with E-state index in [4.69, 9.17) is 18.0 Å². The number of guanidine groups is 1. The predicted molar refractivity (Wildman–Crippen MR) is 83.1 cm³/mol. The summed E-state index contributed by atoms with van der Waals surface area (Å²) < 4.78 is 0. The molecule has 1 rings (SSSR count). The van der Waals surface area contributed by atoms with E-state index >= 15 is 0 Å². The first-order valence-corrected chi connectivity index (χ1v) is 6.76. The van der Waals surface area contributed by atoms with E-state index in [0.717, 1.165) is 18.5 Å². The first kappa shape index (κ1) is 15.4. The van der Waals surface area contributed by atoms with Crippen molar-refractivity contribution < 1.29 is 0 Å². The Morgan fingerprint density at radius 1 is 1.47 bits per heavy atom. The van der Waals surface area contributed by atoms with Gasteiger partial charge in [-0.1, -0.05) is 6.07 Å². The minimum absolute atomic E-state index is 0.219. The molecule has 4 N–H and O–H groups in total. The molecule has 0 spiro atoms. The number of nitrogens with one attached hydrogen (secondary N) is 2. The second-order valence-corrected chi connectivity index (χ2v) is 4.88. The van der Waals surface area contributed by atoms with Crippen LogP contribution in [-0.2, 0) is 6.42 Å². The zero-order chi connectivity index (χ0) is 14.1.